The fraction of sp³-hybridized carbons (Fsp3) is 0.105. The third-order valence-corrected chi connectivity index (χ3v) is 3.86. The zero-order valence-corrected chi connectivity index (χ0v) is 14.2. The van der Waals surface area contributed by atoms with Crippen LogP contribution in [0, 0.1) is 25.5 Å². The quantitative estimate of drug-likeness (QED) is 0.730. The summed E-state index contributed by atoms with van der Waals surface area (Å²) in [5, 5.41) is 5.40. The van der Waals surface area contributed by atoms with E-state index in [1.165, 1.54) is 18.0 Å². The summed E-state index contributed by atoms with van der Waals surface area (Å²) < 4.78 is 26.5. The van der Waals surface area contributed by atoms with Crippen molar-refractivity contribution >= 4 is 23.2 Å². The number of carbonyl (C=O) groups excluding carboxylic acids is 1. The molecule has 5 nitrogen and oxygen atoms in total. The Bertz CT molecular complexity index is 958. The van der Waals surface area contributed by atoms with Crippen molar-refractivity contribution in [1.82, 2.24) is 9.97 Å². The fourth-order valence-electron chi connectivity index (χ4n) is 2.24. The van der Waals surface area contributed by atoms with Gasteiger partial charge in [0.05, 0.1) is 11.3 Å². The lowest BCUT2D eigenvalue weighted by Gasteiger charge is -2.08. The second-order valence-corrected chi connectivity index (χ2v) is 5.80. The Labute approximate surface area is 149 Å². The van der Waals surface area contributed by atoms with Gasteiger partial charge < -0.3 is 10.6 Å². The number of benzene rings is 2. The highest BCUT2D eigenvalue weighted by Crippen LogP contribution is 2.18. The van der Waals surface area contributed by atoms with E-state index in [-0.39, 0.29) is 11.3 Å². The average Bonchev–Trinajstić information content (AvgIpc) is 2.61. The lowest BCUT2D eigenvalue weighted by Crippen LogP contribution is -2.14. The van der Waals surface area contributed by atoms with E-state index in [1.807, 2.05) is 32.0 Å². The monoisotopic (exact) mass is 354 g/mol. The molecule has 0 saturated carbocycles. The zero-order chi connectivity index (χ0) is 18.7. The van der Waals surface area contributed by atoms with Gasteiger partial charge in [0.2, 0.25) is 5.95 Å². The minimum absolute atomic E-state index is 0.117. The Balaban J connectivity index is 1.70. The number of hydrogen-bond donors (Lipinski definition) is 2. The molecule has 0 aliphatic heterocycles. The van der Waals surface area contributed by atoms with Crippen LogP contribution in [0.25, 0.3) is 0 Å². The number of aromatic nitrogens is 2. The van der Waals surface area contributed by atoms with Crippen molar-refractivity contribution in [2.24, 2.45) is 0 Å². The molecule has 0 bridgehead atoms. The van der Waals surface area contributed by atoms with Crippen molar-refractivity contribution in [3.05, 3.63) is 77.1 Å². The van der Waals surface area contributed by atoms with Crippen LogP contribution in [0.15, 0.2) is 48.8 Å². The SMILES string of the molecule is Cc1ccc(Nc2ncc(C(=O)Nc3ccc(F)cc3F)cn2)cc1C. The molecule has 3 rings (SSSR count). The van der Waals surface area contributed by atoms with Crippen molar-refractivity contribution < 1.29 is 13.6 Å². The van der Waals surface area contributed by atoms with Crippen molar-refractivity contribution in [2.75, 3.05) is 10.6 Å². The van der Waals surface area contributed by atoms with Crippen LogP contribution in [0.1, 0.15) is 21.5 Å². The van der Waals surface area contributed by atoms with Gasteiger partial charge in [-0.25, -0.2) is 18.7 Å². The summed E-state index contributed by atoms with van der Waals surface area (Å²) in [6.07, 6.45) is 2.65. The van der Waals surface area contributed by atoms with Gasteiger partial charge >= 0.3 is 0 Å². The first-order valence-electron chi connectivity index (χ1n) is 7.85. The number of nitrogens with one attached hydrogen (secondary N) is 2. The molecule has 1 heterocycles. The average molecular weight is 354 g/mol. The first-order valence-corrected chi connectivity index (χ1v) is 7.85. The standard InChI is InChI=1S/C19H16F2N4O/c1-11-3-5-15(7-12(11)2)24-19-22-9-13(10-23-19)18(26)25-17-6-4-14(20)8-16(17)21/h3-10H,1-2H3,(H,25,26)(H,22,23,24). The molecular weight excluding hydrogens is 338 g/mol. The molecule has 2 N–H and O–H groups in total. The van der Waals surface area contributed by atoms with Crippen LogP contribution < -0.4 is 10.6 Å². The van der Waals surface area contributed by atoms with Crippen molar-refractivity contribution in [3.8, 4) is 0 Å². The van der Waals surface area contributed by atoms with E-state index in [1.54, 1.807) is 0 Å². The summed E-state index contributed by atoms with van der Waals surface area (Å²) >= 11 is 0. The van der Waals surface area contributed by atoms with Gasteiger partial charge in [0.1, 0.15) is 11.6 Å². The summed E-state index contributed by atoms with van der Waals surface area (Å²) in [5.74, 6) is -1.83. The Kier molecular flexibility index (Phi) is 4.88. The molecule has 1 amide bonds. The summed E-state index contributed by atoms with van der Waals surface area (Å²) in [6.45, 7) is 4.02. The minimum Gasteiger partial charge on any atom is -0.324 e. The molecule has 0 atom stereocenters. The minimum atomic E-state index is -0.854. The summed E-state index contributed by atoms with van der Waals surface area (Å²) in [5.41, 5.74) is 3.18. The molecule has 26 heavy (non-hydrogen) atoms. The van der Waals surface area contributed by atoms with E-state index in [9.17, 15) is 13.6 Å². The summed E-state index contributed by atoms with van der Waals surface area (Å²) in [6, 6.07) is 8.77. The predicted molar refractivity (Wildman–Crippen MR) is 95.5 cm³/mol. The Hall–Kier alpha value is -3.35. The molecule has 0 spiro atoms. The Morgan fingerprint density at radius 1 is 0.962 bits per heavy atom. The van der Waals surface area contributed by atoms with Crippen LogP contribution in [0.4, 0.5) is 26.1 Å². The molecular formula is C19H16F2N4O. The molecule has 7 heteroatoms. The van der Waals surface area contributed by atoms with Crippen molar-refractivity contribution in [2.45, 2.75) is 13.8 Å². The maximum Gasteiger partial charge on any atom is 0.258 e. The number of anilines is 3. The highest BCUT2D eigenvalue weighted by molar-refractivity contribution is 6.03. The van der Waals surface area contributed by atoms with E-state index >= 15 is 0 Å². The smallest absolute Gasteiger partial charge is 0.258 e. The van der Waals surface area contributed by atoms with Crippen LogP contribution in [0.3, 0.4) is 0 Å². The van der Waals surface area contributed by atoms with E-state index in [0.29, 0.717) is 12.0 Å². The van der Waals surface area contributed by atoms with Gasteiger partial charge in [-0.1, -0.05) is 6.07 Å². The normalized spacial score (nSPS) is 10.5. The number of halogens is 2. The third-order valence-electron chi connectivity index (χ3n) is 3.86. The van der Waals surface area contributed by atoms with Crippen LogP contribution >= 0.6 is 0 Å². The van der Waals surface area contributed by atoms with Crippen molar-refractivity contribution in [3.63, 3.8) is 0 Å². The lowest BCUT2D eigenvalue weighted by molar-refractivity contribution is 0.102. The first-order chi connectivity index (χ1) is 12.4. The Morgan fingerprint density at radius 3 is 2.35 bits per heavy atom. The molecule has 0 aliphatic rings. The highest BCUT2D eigenvalue weighted by atomic mass is 19.1. The number of hydrogen-bond acceptors (Lipinski definition) is 4. The summed E-state index contributed by atoms with van der Waals surface area (Å²) in [4.78, 5) is 20.3. The van der Waals surface area contributed by atoms with E-state index in [4.69, 9.17) is 0 Å². The Morgan fingerprint density at radius 2 is 1.69 bits per heavy atom. The van der Waals surface area contributed by atoms with Crippen LogP contribution in [-0.2, 0) is 0 Å². The van der Waals surface area contributed by atoms with Gasteiger partial charge in [0.25, 0.3) is 5.91 Å². The van der Waals surface area contributed by atoms with Gasteiger partial charge in [-0.05, 0) is 49.2 Å². The number of aryl methyl sites for hydroxylation is 2. The molecule has 3 aromatic rings. The molecule has 132 valence electrons. The number of amides is 1. The molecule has 1 aromatic heterocycles. The number of rotatable bonds is 4. The van der Waals surface area contributed by atoms with Gasteiger partial charge in [-0.3, -0.25) is 4.79 Å². The second kappa shape index (κ2) is 7.26. The molecule has 0 unspecified atom stereocenters. The second-order valence-electron chi connectivity index (χ2n) is 5.80. The van der Waals surface area contributed by atoms with Gasteiger partial charge in [0.15, 0.2) is 0 Å². The lowest BCUT2D eigenvalue weighted by atomic mass is 10.1. The van der Waals surface area contributed by atoms with E-state index < -0.39 is 17.5 Å². The number of nitrogens with zero attached hydrogens (tertiary/aromatic N) is 2. The fourth-order valence-corrected chi connectivity index (χ4v) is 2.24. The predicted octanol–water partition coefficient (Wildman–Crippen LogP) is 4.37. The van der Waals surface area contributed by atoms with Crippen LogP contribution in [0.5, 0.6) is 0 Å². The molecule has 0 saturated heterocycles. The zero-order valence-electron chi connectivity index (χ0n) is 14.2. The van der Waals surface area contributed by atoms with E-state index in [0.717, 1.165) is 23.4 Å². The maximum absolute atomic E-state index is 13.6. The number of carbonyl (C=O) groups is 1. The van der Waals surface area contributed by atoms with Crippen molar-refractivity contribution in [1.29, 1.82) is 0 Å². The topological polar surface area (TPSA) is 66.9 Å². The molecule has 2 aromatic carbocycles. The molecule has 0 fully saturated rings. The van der Waals surface area contributed by atoms with Crippen LogP contribution in [0.2, 0.25) is 0 Å². The highest BCUT2D eigenvalue weighted by Gasteiger charge is 2.11. The molecule has 0 aliphatic carbocycles. The third kappa shape index (κ3) is 4.00. The van der Waals surface area contributed by atoms with Gasteiger partial charge in [0, 0.05) is 24.1 Å². The summed E-state index contributed by atoms with van der Waals surface area (Å²) in [7, 11) is 0. The largest absolute Gasteiger partial charge is 0.324 e. The first kappa shape index (κ1) is 17.5. The van der Waals surface area contributed by atoms with Gasteiger partial charge in [-0.15, -0.1) is 0 Å². The molecule has 0 radical (unpaired) electrons. The van der Waals surface area contributed by atoms with Crippen LogP contribution in [-0.4, -0.2) is 15.9 Å². The maximum atomic E-state index is 13.6. The van der Waals surface area contributed by atoms with Gasteiger partial charge in [-0.2, -0.15) is 0 Å². The van der Waals surface area contributed by atoms with E-state index in [2.05, 4.69) is 20.6 Å².